The largest absolute Gasteiger partial charge is 0.504 e. The Balaban J connectivity index is 4.91. The van der Waals surface area contributed by atoms with Crippen LogP contribution in [0.15, 0.2) is 35.8 Å². The van der Waals surface area contributed by atoms with Crippen molar-refractivity contribution in [1.29, 1.82) is 0 Å². The zero-order valence-corrected chi connectivity index (χ0v) is 8.47. The zero-order chi connectivity index (χ0) is 12.0. The van der Waals surface area contributed by atoms with Gasteiger partial charge in [-0.15, -0.1) is 0 Å². The maximum absolute atomic E-state index is 10.5. The first kappa shape index (κ1) is 13.2. The van der Waals surface area contributed by atoms with Crippen molar-refractivity contribution in [3.05, 3.63) is 35.8 Å². The highest BCUT2D eigenvalue weighted by Gasteiger charge is 2.16. The molecule has 0 radical (unpaired) electrons. The van der Waals surface area contributed by atoms with Crippen LogP contribution in [0.4, 0.5) is 0 Å². The van der Waals surface area contributed by atoms with Gasteiger partial charge in [-0.2, -0.15) is 0 Å². The molecule has 0 aromatic rings. The number of nitrogens with two attached hydrogens (primary N) is 1. The lowest BCUT2D eigenvalue weighted by Gasteiger charge is -2.09. The third-order valence-electron chi connectivity index (χ3n) is 1.82. The second-order valence-corrected chi connectivity index (χ2v) is 2.90. The fourth-order valence-corrected chi connectivity index (χ4v) is 0.902. The lowest BCUT2D eigenvalue weighted by atomic mass is 10.0. The van der Waals surface area contributed by atoms with E-state index < -0.39 is 17.8 Å². The van der Waals surface area contributed by atoms with E-state index >= 15 is 0 Å². The van der Waals surface area contributed by atoms with Crippen molar-refractivity contribution in [1.82, 2.24) is 0 Å². The number of carboxylic acid groups (broad SMARTS) is 1. The Morgan fingerprint density at radius 1 is 1.47 bits per heavy atom. The molecule has 5 N–H and O–H groups in total. The van der Waals surface area contributed by atoms with Gasteiger partial charge in [-0.05, 0) is 18.6 Å². The van der Waals surface area contributed by atoms with E-state index in [9.17, 15) is 15.0 Å². The first-order valence-corrected chi connectivity index (χ1v) is 4.32. The first-order chi connectivity index (χ1) is 6.93. The quantitative estimate of drug-likeness (QED) is 0.406. The van der Waals surface area contributed by atoms with Crippen molar-refractivity contribution < 1.29 is 20.1 Å². The second kappa shape index (κ2) is 5.87. The molecule has 5 heteroatoms. The number of hydrogen-bond donors (Lipinski definition) is 4. The fourth-order valence-electron chi connectivity index (χ4n) is 0.902. The summed E-state index contributed by atoms with van der Waals surface area (Å²) in [7, 11) is 0. The molecular formula is C10H15NO4. The molecule has 5 nitrogen and oxygen atoms in total. The molecule has 1 atom stereocenters. The predicted molar refractivity (Wildman–Crippen MR) is 56.5 cm³/mol. The van der Waals surface area contributed by atoms with Crippen LogP contribution in [0.3, 0.4) is 0 Å². The molecule has 84 valence electrons. The van der Waals surface area contributed by atoms with Crippen LogP contribution >= 0.6 is 0 Å². The van der Waals surface area contributed by atoms with Gasteiger partial charge in [0.1, 0.15) is 6.04 Å². The van der Waals surface area contributed by atoms with Gasteiger partial charge in [-0.1, -0.05) is 12.7 Å². The monoisotopic (exact) mass is 213 g/mol. The number of carboxylic acids is 1. The summed E-state index contributed by atoms with van der Waals surface area (Å²) in [6.45, 7) is 4.94. The van der Waals surface area contributed by atoms with E-state index in [0.717, 1.165) is 0 Å². The number of carbonyl (C=O) groups is 1. The highest BCUT2D eigenvalue weighted by molar-refractivity contribution is 5.73. The number of aliphatic hydroxyl groups is 2. The number of aliphatic carboxylic acids is 1. The van der Waals surface area contributed by atoms with Crippen LogP contribution in [0.2, 0.25) is 0 Å². The average molecular weight is 213 g/mol. The number of aliphatic hydroxyl groups excluding tert-OH is 2. The summed E-state index contributed by atoms with van der Waals surface area (Å²) in [6, 6.07) is -1.13. The van der Waals surface area contributed by atoms with Crippen molar-refractivity contribution in [3.63, 3.8) is 0 Å². The van der Waals surface area contributed by atoms with Crippen molar-refractivity contribution in [2.45, 2.75) is 19.4 Å². The standard InChI is InChI=1S/C10H15NO4/c1-3-6(5-7(11)10(14)15)9(13)8(12)4-2/h3-4,7,12-13H,1,5,11H2,2H3,(H,14,15)/b8-4+,9-6-/t7-/m0/s1. The van der Waals surface area contributed by atoms with Gasteiger partial charge in [0, 0.05) is 6.42 Å². The predicted octanol–water partition coefficient (Wildman–Crippen LogP) is 1.25. The topological polar surface area (TPSA) is 104 Å². The van der Waals surface area contributed by atoms with Gasteiger partial charge >= 0.3 is 5.97 Å². The summed E-state index contributed by atoms with van der Waals surface area (Å²) in [5, 5.41) is 27.2. The van der Waals surface area contributed by atoms with Crippen molar-refractivity contribution in [2.24, 2.45) is 5.73 Å². The van der Waals surface area contributed by atoms with Crippen molar-refractivity contribution >= 4 is 5.97 Å². The maximum Gasteiger partial charge on any atom is 0.320 e. The molecule has 0 fully saturated rings. The summed E-state index contributed by atoms with van der Waals surface area (Å²) >= 11 is 0. The van der Waals surface area contributed by atoms with Crippen LogP contribution in [-0.2, 0) is 4.79 Å². The molecule has 0 aromatic carbocycles. The molecule has 0 saturated carbocycles. The molecule has 0 heterocycles. The number of rotatable bonds is 5. The van der Waals surface area contributed by atoms with Crippen LogP contribution in [-0.4, -0.2) is 27.3 Å². The molecule has 0 aliphatic rings. The van der Waals surface area contributed by atoms with E-state index in [4.69, 9.17) is 10.8 Å². The van der Waals surface area contributed by atoms with Crippen LogP contribution in [0.1, 0.15) is 13.3 Å². The molecule has 0 bridgehead atoms. The summed E-state index contributed by atoms with van der Waals surface area (Å²) in [4.78, 5) is 10.5. The molecule has 15 heavy (non-hydrogen) atoms. The number of hydrogen-bond acceptors (Lipinski definition) is 4. The molecule has 0 aliphatic carbocycles. The Bertz CT molecular complexity index is 317. The first-order valence-electron chi connectivity index (χ1n) is 4.32. The average Bonchev–Trinajstić information content (AvgIpc) is 2.23. The Labute approximate surface area is 87.8 Å². The van der Waals surface area contributed by atoms with Crippen LogP contribution in [0, 0.1) is 0 Å². The third kappa shape index (κ3) is 3.86. The minimum Gasteiger partial charge on any atom is -0.504 e. The zero-order valence-electron chi connectivity index (χ0n) is 8.47. The lowest BCUT2D eigenvalue weighted by molar-refractivity contribution is -0.138. The molecule has 0 aromatic heterocycles. The molecule has 0 aliphatic heterocycles. The minimum atomic E-state index is -1.18. The van der Waals surface area contributed by atoms with Gasteiger partial charge in [-0.25, -0.2) is 0 Å². The Morgan fingerprint density at radius 3 is 2.33 bits per heavy atom. The van der Waals surface area contributed by atoms with Crippen LogP contribution in [0.25, 0.3) is 0 Å². The van der Waals surface area contributed by atoms with E-state index in [1.54, 1.807) is 0 Å². The smallest absolute Gasteiger partial charge is 0.320 e. The number of allylic oxidation sites excluding steroid dienone is 2. The lowest BCUT2D eigenvalue weighted by Crippen LogP contribution is -2.30. The van der Waals surface area contributed by atoms with E-state index in [1.807, 2.05) is 0 Å². The second-order valence-electron chi connectivity index (χ2n) is 2.90. The summed E-state index contributed by atoms with van der Waals surface area (Å²) in [5.74, 6) is -1.91. The molecule has 0 spiro atoms. The van der Waals surface area contributed by atoms with E-state index in [0.29, 0.717) is 0 Å². The highest BCUT2D eigenvalue weighted by atomic mass is 16.4. The summed E-state index contributed by atoms with van der Waals surface area (Å²) in [5.41, 5.74) is 5.47. The van der Waals surface area contributed by atoms with Gasteiger partial charge in [0.2, 0.25) is 0 Å². The van der Waals surface area contributed by atoms with Crippen LogP contribution < -0.4 is 5.73 Å². The van der Waals surface area contributed by atoms with Gasteiger partial charge in [-0.3, -0.25) is 4.79 Å². The molecule has 0 saturated heterocycles. The van der Waals surface area contributed by atoms with Crippen LogP contribution in [0.5, 0.6) is 0 Å². The van der Waals surface area contributed by atoms with E-state index in [1.165, 1.54) is 19.1 Å². The van der Waals surface area contributed by atoms with Crippen molar-refractivity contribution in [3.8, 4) is 0 Å². The Morgan fingerprint density at radius 2 is 2.00 bits per heavy atom. The maximum atomic E-state index is 10.5. The van der Waals surface area contributed by atoms with Gasteiger partial charge < -0.3 is 21.1 Å². The van der Waals surface area contributed by atoms with Gasteiger partial charge in [0.05, 0.1) is 0 Å². The molecule has 0 amide bonds. The molecule has 0 rings (SSSR count). The van der Waals surface area contributed by atoms with Crippen molar-refractivity contribution in [2.75, 3.05) is 0 Å². The van der Waals surface area contributed by atoms with Gasteiger partial charge in [0.25, 0.3) is 0 Å². The molecular weight excluding hydrogens is 198 g/mol. The summed E-state index contributed by atoms with van der Waals surface area (Å²) in [6.07, 6.45) is 2.45. The third-order valence-corrected chi connectivity index (χ3v) is 1.82. The Hall–Kier alpha value is -1.75. The van der Waals surface area contributed by atoms with Gasteiger partial charge in [0.15, 0.2) is 11.5 Å². The molecule has 0 unspecified atom stereocenters. The normalized spacial score (nSPS) is 15.5. The minimum absolute atomic E-state index is 0.0947. The fraction of sp³-hybridized carbons (Fsp3) is 0.300. The summed E-state index contributed by atoms with van der Waals surface area (Å²) < 4.78 is 0. The Kier molecular flexibility index (Phi) is 5.19. The SMILES string of the molecule is C=C/C(C[C@H](N)C(=O)O)=C(O)\C(O)=C/C. The van der Waals surface area contributed by atoms with E-state index in [2.05, 4.69) is 6.58 Å². The highest BCUT2D eigenvalue weighted by Crippen LogP contribution is 2.15. The van der Waals surface area contributed by atoms with E-state index in [-0.39, 0.29) is 17.8 Å².